The molecule has 0 spiro atoms. The molecular weight excluding hydrogens is 481 g/mol. The minimum atomic E-state index is -0.382. The van der Waals surface area contributed by atoms with E-state index in [1.54, 1.807) is 18.2 Å². The van der Waals surface area contributed by atoms with Crippen LogP contribution in [-0.4, -0.2) is 16.8 Å². The number of carbonyl (C=O) groups is 1. The van der Waals surface area contributed by atoms with Crippen LogP contribution in [0.25, 0.3) is 6.08 Å². The van der Waals surface area contributed by atoms with Gasteiger partial charge in [0.1, 0.15) is 12.4 Å². The van der Waals surface area contributed by atoms with Crippen LogP contribution in [0, 0.1) is 5.82 Å². The van der Waals surface area contributed by atoms with E-state index in [2.05, 4.69) is 0 Å². The van der Waals surface area contributed by atoms with Crippen LogP contribution in [0.4, 0.5) is 10.1 Å². The summed E-state index contributed by atoms with van der Waals surface area (Å²) in [5, 5.41) is 0.372. The molecule has 1 aliphatic heterocycles. The number of amides is 1. The van der Waals surface area contributed by atoms with Crippen molar-refractivity contribution in [2.24, 2.45) is 0 Å². The zero-order chi connectivity index (χ0) is 23.4. The lowest BCUT2D eigenvalue weighted by Gasteiger charge is -2.15. The normalized spacial score (nSPS) is 14.8. The molecule has 4 rings (SSSR count). The van der Waals surface area contributed by atoms with Crippen LogP contribution in [0.15, 0.2) is 71.6 Å². The number of thioether (sulfide) groups is 1. The highest BCUT2D eigenvalue weighted by atomic mass is 35.5. The van der Waals surface area contributed by atoms with Crippen molar-refractivity contribution in [2.75, 3.05) is 11.5 Å². The Morgan fingerprint density at radius 1 is 1.09 bits per heavy atom. The molecule has 0 N–H and O–H groups in total. The summed E-state index contributed by atoms with van der Waals surface area (Å²) < 4.78 is 25.3. The van der Waals surface area contributed by atoms with Crippen LogP contribution in [-0.2, 0) is 11.4 Å². The second kappa shape index (κ2) is 10.4. The van der Waals surface area contributed by atoms with Gasteiger partial charge in [0.05, 0.1) is 22.2 Å². The van der Waals surface area contributed by atoms with Gasteiger partial charge in [0.25, 0.3) is 5.91 Å². The van der Waals surface area contributed by atoms with E-state index in [-0.39, 0.29) is 11.7 Å². The minimum absolute atomic E-state index is 0.282. The summed E-state index contributed by atoms with van der Waals surface area (Å²) in [7, 11) is 0. The largest absolute Gasteiger partial charge is 0.490 e. The summed E-state index contributed by atoms with van der Waals surface area (Å²) >= 11 is 13.1. The number of hydrogen-bond acceptors (Lipinski definition) is 5. The lowest BCUT2D eigenvalue weighted by Crippen LogP contribution is -2.27. The molecule has 1 aliphatic rings. The molecule has 0 bridgehead atoms. The zero-order valence-electron chi connectivity index (χ0n) is 17.6. The van der Waals surface area contributed by atoms with Gasteiger partial charge in [-0.05, 0) is 60.5 Å². The summed E-state index contributed by atoms with van der Waals surface area (Å²) in [4.78, 5) is 14.8. The number of nitrogens with zero attached hydrogens (tertiary/aromatic N) is 1. The van der Waals surface area contributed by atoms with E-state index in [0.717, 1.165) is 5.56 Å². The van der Waals surface area contributed by atoms with Crippen LogP contribution in [0.2, 0.25) is 5.02 Å². The van der Waals surface area contributed by atoms with Gasteiger partial charge in [-0.3, -0.25) is 9.69 Å². The summed E-state index contributed by atoms with van der Waals surface area (Å²) in [6.45, 7) is 2.64. The van der Waals surface area contributed by atoms with Crippen molar-refractivity contribution >= 4 is 57.6 Å². The van der Waals surface area contributed by atoms with E-state index in [9.17, 15) is 9.18 Å². The van der Waals surface area contributed by atoms with Gasteiger partial charge >= 0.3 is 0 Å². The topological polar surface area (TPSA) is 38.8 Å². The maximum atomic E-state index is 13.3. The molecule has 0 saturated carbocycles. The lowest BCUT2D eigenvalue weighted by atomic mass is 10.1. The highest BCUT2D eigenvalue weighted by molar-refractivity contribution is 8.27. The monoisotopic (exact) mass is 499 g/mol. The first-order valence-electron chi connectivity index (χ1n) is 10.1. The Labute approximate surface area is 206 Å². The van der Waals surface area contributed by atoms with Crippen LogP contribution in [0.5, 0.6) is 11.5 Å². The molecule has 1 fully saturated rings. The van der Waals surface area contributed by atoms with E-state index in [0.29, 0.717) is 50.2 Å². The fraction of sp³-hybridized carbons (Fsp3) is 0.120. The number of carbonyl (C=O) groups excluding carboxylic acids is 1. The molecule has 33 heavy (non-hydrogen) atoms. The van der Waals surface area contributed by atoms with Crippen molar-refractivity contribution < 1.29 is 18.7 Å². The lowest BCUT2D eigenvalue weighted by molar-refractivity contribution is -0.113. The third-order valence-electron chi connectivity index (χ3n) is 4.73. The van der Waals surface area contributed by atoms with Gasteiger partial charge in [-0.2, -0.15) is 0 Å². The molecule has 4 nitrogen and oxygen atoms in total. The van der Waals surface area contributed by atoms with Crippen molar-refractivity contribution in [2.45, 2.75) is 13.5 Å². The summed E-state index contributed by atoms with van der Waals surface area (Å²) in [5.41, 5.74) is 2.19. The smallest absolute Gasteiger partial charge is 0.270 e. The van der Waals surface area contributed by atoms with Crippen LogP contribution in [0.1, 0.15) is 18.1 Å². The van der Waals surface area contributed by atoms with E-state index < -0.39 is 0 Å². The van der Waals surface area contributed by atoms with Crippen molar-refractivity contribution in [1.82, 2.24) is 0 Å². The predicted molar refractivity (Wildman–Crippen MR) is 135 cm³/mol. The van der Waals surface area contributed by atoms with Gasteiger partial charge in [-0.15, -0.1) is 0 Å². The Balaban J connectivity index is 1.60. The Hall–Kier alpha value is -2.87. The van der Waals surface area contributed by atoms with Crippen LogP contribution < -0.4 is 14.4 Å². The van der Waals surface area contributed by atoms with Gasteiger partial charge in [-0.1, -0.05) is 65.9 Å². The number of rotatable bonds is 7. The van der Waals surface area contributed by atoms with E-state index in [1.807, 2.05) is 37.3 Å². The molecule has 0 aromatic heterocycles. The van der Waals surface area contributed by atoms with Gasteiger partial charge < -0.3 is 9.47 Å². The van der Waals surface area contributed by atoms with Crippen molar-refractivity contribution in [3.8, 4) is 11.5 Å². The second-order valence-corrected chi connectivity index (χ2v) is 9.11. The van der Waals surface area contributed by atoms with Gasteiger partial charge in [0, 0.05) is 0 Å². The van der Waals surface area contributed by atoms with Gasteiger partial charge in [0.15, 0.2) is 15.8 Å². The first kappa shape index (κ1) is 23.3. The SMILES string of the molecule is CCOc1cc(C=C2SC(=S)N(c3ccc(F)cc3)C2=O)cc(Cl)c1OCc1ccccc1. The molecule has 1 amide bonds. The Kier molecular flexibility index (Phi) is 7.33. The Morgan fingerprint density at radius 2 is 1.82 bits per heavy atom. The molecule has 0 aliphatic carbocycles. The maximum Gasteiger partial charge on any atom is 0.270 e. The first-order chi connectivity index (χ1) is 16.0. The molecule has 0 unspecified atom stereocenters. The van der Waals surface area contributed by atoms with Crippen molar-refractivity contribution in [3.05, 3.63) is 93.6 Å². The third-order valence-corrected chi connectivity index (χ3v) is 6.32. The Bertz CT molecular complexity index is 1220. The number of halogens is 2. The molecule has 3 aromatic carbocycles. The molecule has 1 heterocycles. The number of ether oxygens (including phenoxy) is 2. The summed E-state index contributed by atoms with van der Waals surface area (Å²) in [6, 6.07) is 18.9. The molecular formula is C25H19ClFNO3S2. The first-order valence-corrected chi connectivity index (χ1v) is 11.7. The number of anilines is 1. The Morgan fingerprint density at radius 3 is 2.52 bits per heavy atom. The fourth-order valence-electron chi connectivity index (χ4n) is 3.24. The van der Waals surface area contributed by atoms with E-state index in [4.69, 9.17) is 33.3 Å². The van der Waals surface area contributed by atoms with Crippen molar-refractivity contribution in [3.63, 3.8) is 0 Å². The molecule has 168 valence electrons. The van der Waals surface area contributed by atoms with E-state index in [1.165, 1.54) is 40.9 Å². The van der Waals surface area contributed by atoms with Crippen LogP contribution >= 0.6 is 35.6 Å². The summed E-state index contributed by atoms with van der Waals surface area (Å²) in [5.74, 6) is 0.266. The standard InChI is InChI=1S/C25H19ClFNO3S2/c1-2-30-21-13-17(12-20(26)23(21)31-15-16-6-4-3-5-7-16)14-22-24(29)28(25(32)33-22)19-10-8-18(27)9-11-19/h3-14H,2,15H2,1H3. The number of thiocarbonyl (C=S) groups is 1. The van der Waals surface area contributed by atoms with Crippen molar-refractivity contribution in [1.29, 1.82) is 0 Å². The highest BCUT2D eigenvalue weighted by Gasteiger charge is 2.33. The second-order valence-electron chi connectivity index (χ2n) is 7.03. The predicted octanol–water partition coefficient (Wildman–Crippen LogP) is 6.86. The van der Waals surface area contributed by atoms with Gasteiger partial charge in [-0.25, -0.2) is 4.39 Å². The van der Waals surface area contributed by atoms with Crippen LogP contribution in [0.3, 0.4) is 0 Å². The fourth-order valence-corrected chi connectivity index (χ4v) is 4.81. The molecule has 3 aromatic rings. The molecule has 1 saturated heterocycles. The summed E-state index contributed by atoms with van der Waals surface area (Å²) in [6.07, 6.45) is 1.71. The average molecular weight is 500 g/mol. The molecule has 8 heteroatoms. The van der Waals surface area contributed by atoms with E-state index >= 15 is 0 Å². The highest BCUT2D eigenvalue weighted by Crippen LogP contribution is 2.40. The van der Waals surface area contributed by atoms with Gasteiger partial charge in [0.2, 0.25) is 0 Å². The third kappa shape index (κ3) is 5.38. The molecule has 0 atom stereocenters. The molecule has 0 radical (unpaired) electrons. The zero-order valence-corrected chi connectivity index (χ0v) is 20.0. The average Bonchev–Trinajstić information content (AvgIpc) is 3.07. The number of benzene rings is 3. The number of hydrogen-bond donors (Lipinski definition) is 0. The minimum Gasteiger partial charge on any atom is -0.490 e. The maximum absolute atomic E-state index is 13.3. The quantitative estimate of drug-likeness (QED) is 0.262.